The zero-order valence-corrected chi connectivity index (χ0v) is 13.9. The molecule has 0 unspecified atom stereocenters. The lowest BCUT2D eigenvalue weighted by atomic mass is 10.3. The molecule has 1 saturated heterocycles. The molecule has 1 fully saturated rings. The third-order valence-electron chi connectivity index (χ3n) is 3.30. The van der Waals surface area contributed by atoms with E-state index >= 15 is 0 Å². The molecule has 0 atom stereocenters. The average Bonchev–Trinajstić information content (AvgIpc) is 2.47. The number of piperazine rings is 1. The molecule has 10 heteroatoms. The summed E-state index contributed by atoms with van der Waals surface area (Å²) in [7, 11) is -3.70. The minimum atomic E-state index is -4.39. The number of thioether (sulfide) groups is 1. The minimum Gasteiger partial charge on any atom is -0.314 e. The van der Waals surface area contributed by atoms with Crippen LogP contribution in [0.2, 0.25) is 0 Å². The van der Waals surface area contributed by atoms with Crippen molar-refractivity contribution in [3.63, 3.8) is 0 Å². The summed E-state index contributed by atoms with van der Waals surface area (Å²) in [5.41, 5.74) is -4.39. The molecule has 0 aromatic heterocycles. The third kappa shape index (κ3) is 6.30. The molecular formula is C13H18F3N3O2S2. The Hall–Kier alpha value is -0.810. The second-order valence-electron chi connectivity index (χ2n) is 5.01. The fourth-order valence-electron chi connectivity index (χ4n) is 2.18. The highest BCUT2D eigenvalue weighted by Gasteiger charge is 2.29. The molecule has 2 rings (SSSR count). The number of nitrogens with one attached hydrogen (secondary N) is 2. The second kappa shape index (κ2) is 7.84. The van der Waals surface area contributed by atoms with Crippen molar-refractivity contribution >= 4 is 21.8 Å². The number of rotatable bonds is 6. The van der Waals surface area contributed by atoms with E-state index in [-0.39, 0.29) is 28.1 Å². The number of sulfonamides is 1. The minimum absolute atomic E-state index is 0.0377. The van der Waals surface area contributed by atoms with Gasteiger partial charge in [0.05, 0.1) is 4.90 Å². The first-order chi connectivity index (χ1) is 10.8. The number of benzene rings is 1. The number of nitrogens with zero attached hydrogens (tertiary/aromatic N) is 1. The Bertz CT molecular complexity index is 600. The Morgan fingerprint density at radius 2 is 1.78 bits per heavy atom. The van der Waals surface area contributed by atoms with Gasteiger partial charge in [0.15, 0.2) is 0 Å². The maximum Gasteiger partial charge on any atom is 0.446 e. The predicted molar refractivity (Wildman–Crippen MR) is 82.9 cm³/mol. The van der Waals surface area contributed by atoms with Gasteiger partial charge >= 0.3 is 5.51 Å². The van der Waals surface area contributed by atoms with E-state index in [0.29, 0.717) is 6.54 Å². The van der Waals surface area contributed by atoms with Gasteiger partial charge in [0, 0.05) is 44.2 Å². The van der Waals surface area contributed by atoms with Gasteiger partial charge in [-0.2, -0.15) is 13.2 Å². The van der Waals surface area contributed by atoms with Crippen LogP contribution in [0.15, 0.2) is 34.1 Å². The van der Waals surface area contributed by atoms with E-state index in [9.17, 15) is 21.6 Å². The van der Waals surface area contributed by atoms with Crippen molar-refractivity contribution in [2.45, 2.75) is 15.3 Å². The monoisotopic (exact) mass is 369 g/mol. The van der Waals surface area contributed by atoms with Crippen molar-refractivity contribution in [1.82, 2.24) is 14.9 Å². The highest BCUT2D eigenvalue weighted by molar-refractivity contribution is 8.00. The molecule has 1 aliphatic heterocycles. The SMILES string of the molecule is O=S(=O)(NCCN1CCNCC1)c1ccc(SC(F)(F)F)cc1. The van der Waals surface area contributed by atoms with Gasteiger partial charge in [0.1, 0.15) is 0 Å². The summed E-state index contributed by atoms with van der Waals surface area (Å²) in [4.78, 5) is 2.06. The van der Waals surface area contributed by atoms with Gasteiger partial charge in [0.2, 0.25) is 10.0 Å². The van der Waals surface area contributed by atoms with Gasteiger partial charge in [-0.25, -0.2) is 13.1 Å². The third-order valence-corrected chi connectivity index (χ3v) is 5.51. The first kappa shape index (κ1) is 18.5. The number of hydrogen-bond acceptors (Lipinski definition) is 5. The Kier molecular flexibility index (Phi) is 6.32. The maximum absolute atomic E-state index is 12.2. The quantitative estimate of drug-likeness (QED) is 0.744. The summed E-state index contributed by atoms with van der Waals surface area (Å²) in [6, 6.07) is 4.68. The van der Waals surface area contributed by atoms with Crippen molar-refractivity contribution in [2.24, 2.45) is 0 Å². The molecule has 5 nitrogen and oxygen atoms in total. The molecule has 0 saturated carbocycles. The summed E-state index contributed by atoms with van der Waals surface area (Å²) in [5, 5.41) is 3.21. The Labute approximate surface area is 137 Å². The largest absolute Gasteiger partial charge is 0.446 e. The molecule has 23 heavy (non-hydrogen) atoms. The highest BCUT2D eigenvalue weighted by atomic mass is 32.2. The van der Waals surface area contributed by atoms with E-state index in [2.05, 4.69) is 14.9 Å². The molecule has 1 heterocycles. The van der Waals surface area contributed by atoms with Gasteiger partial charge in [0.25, 0.3) is 0 Å². The van der Waals surface area contributed by atoms with Crippen LogP contribution >= 0.6 is 11.8 Å². The summed E-state index contributed by atoms with van der Waals surface area (Å²) >= 11 is -0.271. The summed E-state index contributed by atoms with van der Waals surface area (Å²) in [6.45, 7) is 4.36. The van der Waals surface area contributed by atoms with Crippen molar-refractivity contribution < 1.29 is 21.6 Å². The zero-order chi connectivity index (χ0) is 16.9. The fourth-order valence-corrected chi connectivity index (χ4v) is 3.74. The molecule has 1 aromatic carbocycles. The summed E-state index contributed by atoms with van der Waals surface area (Å²) in [6.07, 6.45) is 0. The molecule has 0 aliphatic carbocycles. The van der Waals surface area contributed by atoms with Gasteiger partial charge < -0.3 is 5.32 Å². The standard InChI is InChI=1S/C13H18F3N3O2S2/c14-13(15,16)22-11-1-3-12(4-2-11)23(20,21)18-7-10-19-8-5-17-6-9-19/h1-4,17-18H,5-10H2. The van der Waals surface area contributed by atoms with Crippen LogP contribution in [-0.4, -0.2) is 58.1 Å². The lowest BCUT2D eigenvalue weighted by molar-refractivity contribution is -0.0328. The molecule has 0 amide bonds. The van der Waals surface area contributed by atoms with E-state index in [1.54, 1.807) is 0 Å². The van der Waals surface area contributed by atoms with E-state index in [1.165, 1.54) is 12.1 Å². The van der Waals surface area contributed by atoms with Gasteiger partial charge in [-0.3, -0.25) is 4.90 Å². The van der Waals surface area contributed by atoms with Crippen molar-refractivity contribution in [3.05, 3.63) is 24.3 Å². The van der Waals surface area contributed by atoms with Crippen molar-refractivity contribution in [3.8, 4) is 0 Å². The van der Waals surface area contributed by atoms with Crippen LogP contribution in [0, 0.1) is 0 Å². The van der Waals surface area contributed by atoms with Crippen molar-refractivity contribution in [2.75, 3.05) is 39.3 Å². The number of hydrogen-bond donors (Lipinski definition) is 2. The maximum atomic E-state index is 12.2. The van der Waals surface area contributed by atoms with E-state index in [4.69, 9.17) is 0 Å². The van der Waals surface area contributed by atoms with Crippen LogP contribution in [0.1, 0.15) is 0 Å². The average molecular weight is 369 g/mol. The Morgan fingerprint density at radius 1 is 1.17 bits per heavy atom. The van der Waals surface area contributed by atoms with Crippen LogP contribution in [0.25, 0.3) is 0 Å². The van der Waals surface area contributed by atoms with Gasteiger partial charge in [-0.15, -0.1) is 0 Å². The zero-order valence-electron chi connectivity index (χ0n) is 12.3. The first-order valence-corrected chi connectivity index (χ1v) is 9.35. The van der Waals surface area contributed by atoms with Crippen LogP contribution in [0.3, 0.4) is 0 Å². The molecule has 0 spiro atoms. The molecule has 1 aromatic rings. The van der Waals surface area contributed by atoms with Crippen molar-refractivity contribution in [1.29, 1.82) is 0 Å². The Balaban J connectivity index is 1.88. The lowest BCUT2D eigenvalue weighted by Crippen LogP contribution is -2.46. The van der Waals surface area contributed by atoms with Crippen LogP contribution in [-0.2, 0) is 10.0 Å². The topological polar surface area (TPSA) is 61.4 Å². The van der Waals surface area contributed by atoms with Gasteiger partial charge in [-0.1, -0.05) is 0 Å². The molecule has 2 N–H and O–H groups in total. The predicted octanol–water partition coefficient (Wildman–Crippen LogP) is 1.48. The second-order valence-corrected chi connectivity index (χ2v) is 7.91. The smallest absolute Gasteiger partial charge is 0.314 e. The summed E-state index contributed by atoms with van der Waals surface area (Å²) in [5.74, 6) is 0. The molecule has 1 aliphatic rings. The highest BCUT2D eigenvalue weighted by Crippen LogP contribution is 2.36. The molecule has 0 bridgehead atoms. The molecule has 130 valence electrons. The van der Waals surface area contributed by atoms with Gasteiger partial charge in [-0.05, 0) is 36.0 Å². The number of alkyl halides is 3. The number of halogens is 3. The van der Waals surface area contributed by atoms with E-state index in [1.807, 2.05) is 0 Å². The first-order valence-electron chi connectivity index (χ1n) is 7.05. The molecule has 0 radical (unpaired) electrons. The Morgan fingerprint density at radius 3 is 2.35 bits per heavy atom. The fraction of sp³-hybridized carbons (Fsp3) is 0.538. The lowest BCUT2D eigenvalue weighted by Gasteiger charge is -2.27. The van der Waals surface area contributed by atoms with E-state index < -0.39 is 15.5 Å². The normalized spacial score (nSPS) is 17.3. The van der Waals surface area contributed by atoms with Crippen LogP contribution < -0.4 is 10.0 Å². The molecular weight excluding hydrogens is 351 g/mol. The van der Waals surface area contributed by atoms with E-state index in [0.717, 1.165) is 38.3 Å². The van der Waals surface area contributed by atoms with Crippen LogP contribution in [0.5, 0.6) is 0 Å². The summed E-state index contributed by atoms with van der Waals surface area (Å²) < 4.78 is 63.4. The van der Waals surface area contributed by atoms with Crippen LogP contribution in [0.4, 0.5) is 13.2 Å².